The first-order valence-corrected chi connectivity index (χ1v) is 4.70. The predicted molar refractivity (Wildman–Crippen MR) is 56.9 cm³/mol. The van der Waals surface area contributed by atoms with Crippen molar-refractivity contribution in [3.05, 3.63) is 36.0 Å². The van der Waals surface area contributed by atoms with Crippen LogP contribution in [0.3, 0.4) is 0 Å². The van der Waals surface area contributed by atoms with Crippen LogP contribution in [0, 0.1) is 0 Å². The maximum absolute atomic E-state index is 9.44. The number of aliphatic hydroxyl groups excluding tert-OH is 1. The quantitative estimate of drug-likeness (QED) is 0.672. The molecule has 0 radical (unpaired) electrons. The number of hydrogen-bond donors (Lipinski definition) is 3. The lowest BCUT2D eigenvalue weighted by molar-refractivity contribution is 0.165. The number of benzene rings is 1. The monoisotopic (exact) mass is 190 g/mol. The highest BCUT2D eigenvalue weighted by Crippen LogP contribution is 2.23. The van der Waals surface area contributed by atoms with Gasteiger partial charge in [0.25, 0.3) is 0 Å². The summed E-state index contributed by atoms with van der Waals surface area (Å²) in [6, 6.07) is 7.54. The van der Waals surface area contributed by atoms with Gasteiger partial charge in [-0.05, 0) is 24.6 Å². The molecule has 3 nitrogen and oxygen atoms in total. The average molecular weight is 190 g/mol. The Bertz CT molecular complexity index is 434. The van der Waals surface area contributed by atoms with Gasteiger partial charge in [-0.2, -0.15) is 0 Å². The highest BCUT2D eigenvalue weighted by atomic mass is 16.3. The molecule has 0 saturated carbocycles. The van der Waals surface area contributed by atoms with E-state index in [4.69, 9.17) is 5.73 Å². The number of nitrogens with one attached hydrogen (secondary N) is 1. The number of aromatic nitrogens is 1. The minimum absolute atomic E-state index is 0.325. The third-order valence-electron chi connectivity index (χ3n) is 2.51. The van der Waals surface area contributed by atoms with Crippen molar-refractivity contribution >= 4 is 10.9 Å². The molecule has 2 rings (SSSR count). The van der Waals surface area contributed by atoms with Crippen molar-refractivity contribution in [2.45, 2.75) is 19.1 Å². The van der Waals surface area contributed by atoms with E-state index in [0.717, 1.165) is 16.5 Å². The zero-order valence-corrected chi connectivity index (χ0v) is 8.07. The standard InChI is InChI=1S/C11H14N2O/c1-7(14)11(12)9-3-2-4-10-8(9)5-6-13-10/h2-7,11,13-14H,12H2,1H3/t7?,11-/m1/s1. The lowest BCUT2D eigenvalue weighted by Crippen LogP contribution is -2.23. The van der Waals surface area contributed by atoms with E-state index in [1.165, 1.54) is 0 Å². The highest BCUT2D eigenvalue weighted by Gasteiger charge is 2.14. The Morgan fingerprint density at radius 1 is 1.36 bits per heavy atom. The lowest BCUT2D eigenvalue weighted by Gasteiger charge is -2.15. The van der Waals surface area contributed by atoms with Crippen LogP contribution in [0.25, 0.3) is 10.9 Å². The van der Waals surface area contributed by atoms with Crippen molar-refractivity contribution in [2.75, 3.05) is 0 Å². The predicted octanol–water partition coefficient (Wildman–Crippen LogP) is 1.55. The zero-order valence-electron chi connectivity index (χ0n) is 8.07. The first-order valence-electron chi connectivity index (χ1n) is 4.70. The number of aliphatic hydroxyl groups is 1. The fourth-order valence-electron chi connectivity index (χ4n) is 1.66. The molecule has 0 fully saturated rings. The molecule has 1 aromatic heterocycles. The van der Waals surface area contributed by atoms with Gasteiger partial charge < -0.3 is 15.8 Å². The molecule has 0 aliphatic carbocycles. The summed E-state index contributed by atoms with van der Waals surface area (Å²) in [7, 11) is 0. The van der Waals surface area contributed by atoms with Crippen molar-refractivity contribution < 1.29 is 5.11 Å². The smallest absolute Gasteiger partial charge is 0.0704 e. The molecule has 0 aliphatic heterocycles. The van der Waals surface area contributed by atoms with E-state index in [1.807, 2.05) is 30.5 Å². The highest BCUT2D eigenvalue weighted by molar-refractivity contribution is 5.83. The van der Waals surface area contributed by atoms with Crippen LogP contribution < -0.4 is 5.73 Å². The van der Waals surface area contributed by atoms with Crippen LogP contribution in [0.5, 0.6) is 0 Å². The number of H-pyrrole nitrogens is 1. The average Bonchev–Trinajstić information content (AvgIpc) is 2.63. The van der Waals surface area contributed by atoms with Crippen LogP contribution in [0.2, 0.25) is 0 Å². The van der Waals surface area contributed by atoms with Gasteiger partial charge in [-0.25, -0.2) is 0 Å². The Labute approximate surface area is 82.6 Å². The van der Waals surface area contributed by atoms with Crippen molar-refractivity contribution in [1.82, 2.24) is 4.98 Å². The van der Waals surface area contributed by atoms with E-state index >= 15 is 0 Å². The molecule has 0 spiro atoms. The summed E-state index contributed by atoms with van der Waals surface area (Å²) < 4.78 is 0. The summed E-state index contributed by atoms with van der Waals surface area (Å²) in [5.41, 5.74) is 7.94. The Hall–Kier alpha value is -1.32. The second-order valence-electron chi connectivity index (χ2n) is 3.55. The molecule has 1 heterocycles. The fourth-order valence-corrected chi connectivity index (χ4v) is 1.66. The summed E-state index contributed by atoms with van der Waals surface area (Å²) in [4.78, 5) is 3.12. The summed E-state index contributed by atoms with van der Waals surface area (Å²) in [6.45, 7) is 1.70. The SMILES string of the molecule is CC(O)[C@@H](N)c1cccc2[nH]ccc12. The molecule has 0 amide bonds. The normalized spacial score (nSPS) is 15.6. The second kappa shape index (κ2) is 3.44. The van der Waals surface area contributed by atoms with Gasteiger partial charge in [0.1, 0.15) is 0 Å². The van der Waals surface area contributed by atoms with Gasteiger partial charge in [-0.3, -0.25) is 0 Å². The van der Waals surface area contributed by atoms with Crippen LogP contribution in [-0.2, 0) is 0 Å². The van der Waals surface area contributed by atoms with Crippen molar-refractivity contribution in [2.24, 2.45) is 5.73 Å². The van der Waals surface area contributed by atoms with Gasteiger partial charge in [0.2, 0.25) is 0 Å². The van der Waals surface area contributed by atoms with Crippen molar-refractivity contribution in [3.63, 3.8) is 0 Å². The van der Waals surface area contributed by atoms with Crippen molar-refractivity contribution in [1.29, 1.82) is 0 Å². The number of fused-ring (bicyclic) bond motifs is 1. The van der Waals surface area contributed by atoms with Gasteiger partial charge in [-0.15, -0.1) is 0 Å². The molecule has 0 saturated heterocycles. The van der Waals surface area contributed by atoms with Crippen LogP contribution >= 0.6 is 0 Å². The van der Waals surface area contributed by atoms with E-state index in [2.05, 4.69) is 4.98 Å². The second-order valence-corrected chi connectivity index (χ2v) is 3.55. The van der Waals surface area contributed by atoms with Crippen LogP contribution in [0.15, 0.2) is 30.5 Å². The van der Waals surface area contributed by atoms with Crippen molar-refractivity contribution in [3.8, 4) is 0 Å². The summed E-state index contributed by atoms with van der Waals surface area (Å²) >= 11 is 0. The van der Waals surface area contributed by atoms with Gasteiger partial charge in [-0.1, -0.05) is 12.1 Å². The topological polar surface area (TPSA) is 62.0 Å². The minimum Gasteiger partial charge on any atom is -0.391 e. The fraction of sp³-hybridized carbons (Fsp3) is 0.273. The molecule has 1 unspecified atom stereocenters. The Kier molecular flexibility index (Phi) is 2.27. The maximum atomic E-state index is 9.44. The molecule has 0 bridgehead atoms. The van der Waals surface area contributed by atoms with Crippen LogP contribution in [0.1, 0.15) is 18.5 Å². The molecule has 0 aliphatic rings. The lowest BCUT2D eigenvalue weighted by atomic mass is 10.00. The number of rotatable bonds is 2. The van der Waals surface area contributed by atoms with E-state index in [-0.39, 0.29) is 6.04 Å². The summed E-state index contributed by atoms with van der Waals surface area (Å²) in [5, 5.41) is 10.5. The molecule has 2 atom stereocenters. The van der Waals surface area contributed by atoms with Gasteiger partial charge in [0.15, 0.2) is 0 Å². The minimum atomic E-state index is -0.532. The number of aromatic amines is 1. The third kappa shape index (κ3) is 1.41. The van der Waals surface area contributed by atoms with Gasteiger partial charge in [0.05, 0.1) is 12.1 Å². The van der Waals surface area contributed by atoms with E-state index in [0.29, 0.717) is 0 Å². The Balaban J connectivity index is 2.56. The van der Waals surface area contributed by atoms with E-state index < -0.39 is 6.10 Å². The zero-order chi connectivity index (χ0) is 10.1. The Morgan fingerprint density at radius 2 is 2.14 bits per heavy atom. The molecule has 3 heteroatoms. The van der Waals surface area contributed by atoms with Gasteiger partial charge >= 0.3 is 0 Å². The number of hydrogen-bond acceptors (Lipinski definition) is 2. The van der Waals surface area contributed by atoms with Gasteiger partial charge in [0, 0.05) is 17.1 Å². The first kappa shape index (κ1) is 9.24. The molecule has 74 valence electrons. The third-order valence-corrected chi connectivity index (χ3v) is 2.51. The number of nitrogens with two attached hydrogens (primary N) is 1. The summed E-state index contributed by atoms with van der Waals surface area (Å²) in [5.74, 6) is 0. The summed E-state index contributed by atoms with van der Waals surface area (Å²) in [6.07, 6.45) is 1.35. The van der Waals surface area contributed by atoms with Crippen LogP contribution in [0.4, 0.5) is 0 Å². The largest absolute Gasteiger partial charge is 0.391 e. The maximum Gasteiger partial charge on any atom is 0.0704 e. The molecular weight excluding hydrogens is 176 g/mol. The molecule has 1 aromatic carbocycles. The Morgan fingerprint density at radius 3 is 2.86 bits per heavy atom. The molecule has 14 heavy (non-hydrogen) atoms. The molecule has 2 aromatic rings. The molecular formula is C11H14N2O. The van der Waals surface area contributed by atoms with E-state index in [9.17, 15) is 5.11 Å². The van der Waals surface area contributed by atoms with E-state index in [1.54, 1.807) is 6.92 Å². The first-order chi connectivity index (χ1) is 6.70. The van der Waals surface area contributed by atoms with Crippen LogP contribution in [-0.4, -0.2) is 16.2 Å². The molecule has 4 N–H and O–H groups in total.